The van der Waals surface area contributed by atoms with Gasteiger partial charge < -0.3 is 10.2 Å². The van der Waals surface area contributed by atoms with Gasteiger partial charge in [0.25, 0.3) is 0 Å². The van der Waals surface area contributed by atoms with Crippen LogP contribution in [0, 0.1) is 0 Å². The molecule has 1 heterocycles. The number of hydrogen-bond donors (Lipinski definition) is 2. The lowest BCUT2D eigenvalue weighted by Crippen LogP contribution is -2.55. The molecular weight excluding hydrogens is 274 g/mol. The van der Waals surface area contributed by atoms with Gasteiger partial charge in [-0.15, -0.1) is 0 Å². The smallest absolute Gasteiger partial charge is 0.100 e. The van der Waals surface area contributed by atoms with Gasteiger partial charge in [0.05, 0.1) is 6.10 Å². The SMILES string of the molecule is C[C@@]1(O)CN(Cc2ccccc2)[C@H](c2ccccc2)C[C@@H]1O. The van der Waals surface area contributed by atoms with Crippen molar-refractivity contribution >= 4 is 0 Å². The van der Waals surface area contributed by atoms with Crippen LogP contribution in [0.1, 0.15) is 30.5 Å². The van der Waals surface area contributed by atoms with Crippen LogP contribution in [0.15, 0.2) is 60.7 Å². The van der Waals surface area contributed by atoms with Crippen LogP contribution in [-0.4, -0.2) is 33.4 Å². The molecule has 2 aromatic carbocycles. The predicted molar refractivity (Wildman–Crippen MR) is 87.3 cm³/mol. The molecule has 1 saturated heterocycles. The third kappa shape index (κ3) is 3.22. The van der Waals surface area contributed by atoms with E-state index in [4.69, 9.17) is 0 Å². The Morgan fingerprint density at radius 1 is 1.05 bits per heavy atom. The van der Waals surface area contributed by atoms with Crippen molar-refractivity contribution in [3.8, 4) is 0 Å². The van der Waals surface area contributed by atoms with Crippen molar-refractivity contribution in [2.75, 3.05) is 6.54 Å². The van der Waals surface area contributed by atoms with Gasteiger partial charge in [0.15, 0.2) is 0 Å². The summed E-state index contributed by atoms with van der Waals surface area (Å²) in [6.45, 7) is 2.95. The molecule has 22 heavy (non-hydrogen) atoms. The van der Waals surface area contributed by atoms with Gasteiger partial charge in [0, 0.05) is 19.1 Å². The lowest BCUT2D eigenvalue weighted by molar-refractivity contribution is -0.129. The molecule has 3 heteroatoms. The number of rotatable bonds is 3. The van der Waals surface area contributed by atoms with E-state index >= 15 is 0 Å². The summed E-state index contributed by atoms with van der Waals surface area (Å²) < 4.78 is 0. The zero-order valence-electron chi connectivity index (χ0n) is 12.9. The molecule has 0 aliphatic carbocycles. The van der Waals surface area contributed by atoms with Crippen LogP contribution in [0.25, 0.3) is 0 Å². The molecule has 1 aliphatic rings. The highest BCUT2D eigenvalue weighted by molar-refractivity contribution is 5.22. The van der Waals surface area contributed by atoms with Crippen LogP contribution in [0.4, 0.5) is 0 Å². The van der Waals surface area contributed by atoms with E-state index in [-0.39, 0.29) is 6.04 Å². The van der Waals surface area contributed by atoms with Crippen molar-refractivity contribution in [3.63, 3.8) is 0 Å². The molecule has 0 unspecified atom stereocenters. The van der Waals surface area contributed by atoms with E-state index in [1.807, 2.05) is 36.4 Å². The Kier molecular flexibility index (Phi) is 4.30. The molecule has 2 N–H and O–H groups in total. The van der Waals surface area contributed by atoms with Crippen molar-refractivity contribution < 1.29 is 10.2 Å². The van der Waals surface area contributed by atoms with Crippen LogP contribution >= 0.6 is 0 Å². The second kappa shape index (κ2) is 6.21. The van der Waals surface area contributed by atoms with Crippen LogP contribution < -0.4 is 0 Å². The molecule has 0 radical (unpaired) electrons. The Morgan fingerprint density at radius 3 is 2.27 bits per heavy atom. The van der Waals surface area contributed by atoms with Crippen LogP contribution in [-0.2, 0) is 6.54 Å². The van der Waals surface area contributed by atoms with Gasteiger partial charge in [-0.25, -0.2) is 0 Å². The Balaban J connectivity index is 1.88. The maximum Gasteiger partial charge on any atom is 0.100 e. The first kappa shape index (κ1) is 15.2. The summed E-state index contributed by atoms with van der Waals surface area (Å²) in [6.07, 6.45) is -0.158. The van der Waals surface area contributed by atoms with Gasteiger partial charge in [-0.1, -0.05) is 60.7 Å². The predicted octanol–water partition coefficient (Wildman–Crippen LogP) is 2.75. The number of piperidine rings is 1. The highest BCUT2D eigenvalue weighted by atomic mass is 16.3. The van der Waals surface area contributed by atoms with Gasteiger partial charge in [-0.05, 0) is 24.5 Å². The molecule has 1 aliphatic heterocycles. The summed E-state index contributed by atoms with van der Waals surface area (Å²) in [5, 5.41) is 20.7. The van der Waals surface area contributed by atoms with E-state index in [0.717, 1.165) is 6.54 Å². The number of aliphatic hydroxyl groups is 2. The van der Waals surface area contributed by atoms with Crippen molar-refractivity contribution in [2.24, 2.45) is 0 Å². The molecular formula is C19H23NO2. The summed E-state index contributed by atoms with van der Waals surface area (Å²) in [4.78, 5) is 2.26. The zero-order chi connectivity index (χ0) is 15.6. The minimum Gasteiger partial charge on any atom is -0.390 e. The first-order valence-electron chi connectivity index (χ1n) is 7.79. The van der Waals surface area contributed by atoms with Gasteiger partial charge in [0.2, 0.25) is 0 Å². The number of benzene rings is 2. The normalized spacial score (nSPS) is 29.4. The number of aliphatic hydroxyl groups excluding tert-OH is 1. The standard InChI is InChI=1S/C19H23NO2/c1-19(22)14-20(13-15-8-4-2-5-9-15)17(12-18(19)21)16-10-6-3-7-11-16/h2-11,17-18,21-22H,12-14H2,1H3/t17-,18-,19+/m0/s1. The van der Waals surface area contributed by atoms with Crippen molar-refractivity contribution in [3.05, 3.63) is 71.8 Å². The van der Waals surface area contributed by atoms with Gasteiger partial charge >= 0.3 is 0 Å². The van der Waals surface area contributed by atoms with E-state index in [9.17, 15) is 10.2 Å². The first-order chi connectivity index (χ1) is 10.6. The van der Waals surface area contributed by atoms with E-state index in [2.05, 4.69) is 29.2 Å². The Labute approximate surface area is 131 Å². The quantitative estimate of drug-likeness (QED) is 0.915. The van der Waals surface area contributed by atoms with Crippen LogP contribution in [0.5, 0.6) is 0 Å². The molecule has 0 saturated carbocycles. The lowest BCUT2D eigenvalue weighted by Gasteiger charge is -2.46. The molecule has 0 spiro atoms. The molecule has 3 atom stereocenters. The largest absolute Gasteiger partial charge is 0.390 e. The molecule has 116 valence electrons. The van der Waals surface area contributed by atoms with Crippen molar-refractivity contribution in [1.29, 1.82) is 0 Å². The Morgan fingerprint density at radius 2 is 1.64 bits per heavy atom. The van der Waals surface area contributed by atoms with Gasteiger partial charge in [0.1, 0.15) is 5.60 Å². The molecule has 0 amide bonds. The highest BCUT2D eigenvalue weighted by Crippen LogP contribution is 2.36. The Bertz CT molecular complexity index is 597. The third-order valence-electron chi connectivity index (χ3n) is 4.54. The maximum absolute atomic E-state index is 10.5. The number of nitrogens with zero attached hydrogens (tertiary/aromatic N) is 1. The number of β-amino-alcohol motifs (C(OH)–C–C–N with tert-alkyl or cyclic N) is 1. The summed E-state index contributed by atoms with van der Waals surface area (Å²) in [5.74, 6) is 0. The summed E-state index contributed by atoms with van der Waals surface area (Å²) in [7, 11) is 0. The van der Waals surface area contributed by atoms with Gasteiger partial charge in [-0.3, -0.25) is 4.90 Å². The van der Waals surface area contributed by atoms with E-state index < -0.39 is 11.7 Å². The minimum absolute atomic E-state index is 0.122. The fraction of sp³-hybridized carbons (Fsp3) is 0.368. The molecule has 3 rings (SSSR count). The molecule has 0 bridgehead atoms. The Hall–Kier alpha value is -1.68. The van der Waals surface area contributed by atoms with E-state index in [1.54, 1.807) is 6.92 Å². The minimum atomic E-state index is -1.07. The van der Waals surface area contributed by atoms with E-state index in [1.165, 1.54) is 11.1 Å². The van der Waals surface area contributed by atoms with E-state index in [0.29, 0.717) is 13.0 Å². The lowest BCUT2D eigenvalue weighted by atomic mass is 9.84. The second-order valence-electron chi connectivity index (χ2n) is 6.43. The monoisotopic (exact) mass is 297 g/mol. The molecule has 1 fully saturated rings. The molecule has 0 aromatic heterocycles. The summed E-state index contributed by atoms with van der Waals surface area (Å²) >= 11 is 0. The van der Waals surface area contributed by atoms with Gasteiger partial charge in [-0.2, -0.15) is 0 Å². The maximum atomic E-state index is 10.5. The molecule has 2 aromatic rings. The zero-order valence-corrected chi connectivity index (χ0v) is 12.9. The highest BCUT2D eigenvalue weighted by Gasteiger charge is 2.42. The van der Waals surface area contributed by atoms with Crippen LogP contribution in [0.3, 0.4) is 0 Å². The first-order valence-corrected chi connectivity index (χ1v) is 7.79. The van der Waals surface area contributed by atoms with Crippen LogP contribution in [0.2, 0.25) is 0 Å². The average molecular weight is 297 g/mol. The number of hydrogen-bond acceptors (Lipinski definition) is 3. The van der Waals surface area contributed by atoms with Crippen molar-refractivity contribution in [1.82, 2.24) is 4.90 Å². The topological polar surface area (TPSA) is 43.7 Å². The fourth-order valence-corrected chi connectivity index (χ4v) is 3.25. The van der Waals surface area contributed by atoms with Crippen molar-refractivity contribution in [2.45, 2.75) is 37.6 Å². The number of likely N-dealkylation sites (tertiary alicyclic amines) is 1. The summed E-state index contributed by atoms with van der Waals surface area (Å²) in [5.41, 5.74) is 1.34. The summed E-state index contributed by atoms with van der Waals surface area (Å²) in [6, 6.07) is 20.6. The third-order valence-corrected chi connectivity index (χ3v) is 4.54. The average Bonchev–Trinajstić information content (AvgIpc) is 2.52. The second-order valence-corrected chi connectivity index (χ2v) is 6.43. The fourth-order valence-electron chi connectivity index (χ4n) is 3.25. The molecule has 3 nitrogen and oxygen atoms in total.